The lowest BCUT2D eigenvalue weighted by Gasteiger charge is -2.18. The van der Waals surface area contributed by atoms with Crippen molar-refractivity contribution in [2.45, 2.75) is 297 Å². The van der Waals surface area contributed by atoms with E-state index in [-0.39, 0.29) is 37.5 Å². The highest BCUT2D eigenvalue weighted by atomic mass is 16.6. The van der Waals surface area contributed by atoms with Crippen molar-refractivity contribution < 1.29 is 28.6 Å². The van der Waals surface area contributed by atoms with Crippen LogP contribution in [0, 0.1) is 0 Å². The molecule has 0 unspecified atom stereocenters. The monoisotopic (exact) mass is 1010 g/mol. The molecule has 6 nitrogen and oxygen atoms in total. The highest BCUT2D eigenvalue weighted by Crippen LogP contribution is 2.15. The molecule has 0 spiro atoms. The topological polar surface area (TPSA) is 78.9 Å². The molecule has 0 heterocycles. The minimum Gasteiger partial charge on any atom is -0.462 e. The van der Waals surface area contributed by atoms with Gasteiger partial charge in [0.1, 0.15) is 13.2 Å². The van der Waals surface area contributed by atoms with E-state index in [0.717, 1.165) is 89.9 Å². The van der Waals surface area contributed by atoms with Crippen LogP contribution in [0.4, 0.5) is 0 Å². The Balaban J connectivity index is 4.44. The smallest absolute Gasteiger partial charge is 0.306 e. The average molecular weight is 1020 g/mol. The first kappa shape index (κ1) is 69.3. The fraction of sp³-hybridized carbons (Fsp3) is 0.716. The molecule has 0 saturated carbocycles. The van der Waals surface area contributed by atoms with Crippen LogP contribution in [0.3, 0.4) is 0 Å². The summed E-state index contributed by atoms with van der Waals surface area (Å²) in [7, 11) is 0. The summed E-state index contributed by atoms with van der Waals surface area (Å²) in [5.74, 6) is -0.963. The molecule has 0 fully saturated rings. The van der Waals surface area contributed by atoms with Gasteiger partial charge in [0, 0.05) is 19.3 Å². The van der Waals surface area contributed by atoms with Crippen LogP contribution in [0.25, 0.3) is 0 Å². The molecule has 0 N–H and O–H groups in total. The summed E-state index contributed by atoms with van der Waals surface area (Å²) in [6, 6.07) is 0. The highest BCUT2D eigenvalue weighted by molar-refractivity contribution is 5.71. The number of esters is 3. The van der Waals surface area contributed by atoms with Gasteiger partial charge in [-0.3, -0.25) is 14.4 Å². The lowest BCUT2D eigenvalue weighted by atomic mass is 10.0. The summed E-state index contributed by atoms with van der Waals surface area (Å²) >= 11 is 0. The van der Waals surface area contributed by atoms with Gasteiger partial charge in [-0.15, -0.1) is 0 Å². The summed E-state index contributed by atoms with van der Waals surface area (Å²) in [6.45, 7) is 6.46. The van der Waals surface area contributed by atoms with Gasteiger partial charge in [-0.1, -0.05) is 253 Å². The van der Waals surface area contributed by atoms with Crippen molar-refractivity contribution in [3.05, 3.63) is 97.2 Å². The third kappa shape index (κ3) is 59.1. The molecule has 0 aromatic heterocycles. The van der Waals surface area contributed by atoms with Crippen molar-refractivity contribution in [2.75, 3.05) is 13.2 Å². The third-order valence-corrected chi connectivity index (χ3v) is 13.0. The van der Waals surface area contributed by atoms with E-state index in [1.807, 2.05) is 0 Å². The summed E-state index contributed by atoms with van der Waals surface area (Å²) < 4.78 is 16.9. The lowest BCUT2D eigenvalue weighted by molar-refractivity contribution is -0.167. The standard InChI is InChI=1S/C67H114O6/c1-4-7-10-13-16-19-22-25-28-31-32-33-34-37-39-42-45-48-51-54-57-60-66(69)72-63-64(73-67(70)61-58-55-52-49-46-43-40-36-30-27-24-21-18-15-12-9-6-3)62-71-65(68)59-56-53-50-47-44-41-38-35-29-26-23-20-17-14-11-8-5-2/h9,12,17-18,20-21,25-30,40,43,49,52,64H,4-8,10-11,13-16,19,22-24,31-39,41-42,44-48,50-51,53-63H2,1-3H3/b12-9-,20-17-,21-18-,28-25-,29-26-,30-27-,43-40-,52-49-/t64-/m1/s1. The Kier molecular flexibility index (Phi) is 57.8. The van der Waals surface area contributed by atoms with E-state index in [0.29, 0.717) is 19.3 Å². The maximum absolute atomic E-state index is 12.9. The van der Waals surface area contributed by atoms with Crippen molar-refractivity contribution in [1.29, 1.82) is 0 Å². The van der Waals surface area contributed by atoms with E-state index in [1.165, 1.54) is 154 Å². The van der Waals surface area contributed by atoms with E-state index in [9.17, 15) is 14.4 Å². The molecule has 0 aromatic rings. The normalized spacial score (nSPS) is 12.8. The van der Waals surface area contributed by atoms with Crippen LogP contribution in [0.5, 0.6) is 0 Å². The zero-order valence-corrected chi connectivity index (χ0v) is 47.9. The first-order chi connectivity index (χ1) is 36.0. The van der Waals surface area contributed by atoms with Gasteiger partial charge in [0.15, 0.2) is 6.10 Å². The molecule has 0 bridgehead atoms. The van der Waals surface area contributed by atoms with Crippen LogP contribution in [0.15, 0.2) is 97.2 Å². The van der Waals surface area contributed by atoms with Crippen molar-refractivity contribution in [3.63, 3.8) is 0 Å². The van der Waals surface area contributed by atoms with Crippen LogP contribution in [-0.4, -0.2) is 37.2 Å². The van der Waals surface area contributed by atoms with E-state index in [2.05, 4.69) is 118 Å². The first-order valence-corrected chi connectivity index (χ1v) is 30.7. The number of rotatable bonds is 55. The molecule has 418 valence electrons. The van der Waals surface area contributed by atoms with Crippen LogP contribution >= 0.6 is 0 Å². The second kappa shape index (κ2) is 60.9. The second-order valence-corrected chi connectivity index (χ2v) is 20.2. The summed E-state index contributed by atoms with van der Waals surface area (Å²) in [5.41, 5.74) is 0. The number of hydrogen-bond donors (Lipinski definition) is 0. The molecule has 0 saturated heterocycles. The maximum Gasteiger partial charge on any atom is 0.306 e. The molecule has 0 rings (SSSR count). The van der Waals surface area contributed by atoms with E-state index < -0.39 is 6.10 Å². The fourth-order valence-corrected chi connectivity index (χ4v) is 8.44. The summed E-state index contributed by atoms with van der Waals surface area (Å²) in [5, 5.41) is 0. The number of carbonyl (C=O) groups is 3. The molecule has 0 aliphatic carbocycles. The molecule has 73 heavy (non-hydrogen) atoms. The SMILES string of the molecule is CC/C=C\C/C=C\C/C=C\C/C=C\C/C=C\CCCC(=O)O[C@H](COC(=O)CCCCCCCCC/C=C\C/C=C\CCCCC)COC(=O)CCCCCCCCCCCCC/C=C\CCCCCCCC. The molecule has 1 atom stereocenters. The predicted molar refractivity (Wildman–Crippen MR) is 316 cm³/mol. The van der Waals surface area contributed by atoms with E-state index in [1.54, 1.807) is 0 Å². The van der Waals surface area contributed by atoms with Gasteiger partial charge < -0.3 is 14.2 Å². The Morgan fingerprint density at radius 3 is 0.918 bits per heavy atom. The van der Waals surface area contributed by atoms with Crippen LogP contribution < -0.4 is 0 Å². The Morgan fingerprint density at radius 1 is 0.288 bits per heavy atom. The quantitative estimate of drug-likeness (QED) is 0.0261. The van der Waals surface area contributed by atoms with Gasteiger partial charge in [0.2, 0.25) is 0 Å². The first-order valence-electron chi connectivity index (χ1n) is 30.7. The molecule has 0 radical (unpaired) electrons. The number of allylic oxidation sites excluding steroid dienone is 16. The molecule has 0 amide bonds. The second-order valence-electron chi connectivity index (χ2n) is 20.2. The minimum absolute atomic E-state index is 0.103. The summed E-state index contributed by atoms with van der Waals surface area (Å²) in [6.07, 6.45) is 81.2. The van der Waals surface area contributed by atoms with Gasteiger partial charge in [-0.05, 0) is 116 Å². The number of carbonyl (C=O) groups excluding carboxylic acids is 3. The molecular formula is C67H114O6. The fourth-order valence-electron chi connectivity index (χ4n) is 8.44. The van der Waals surface area contributed by atoms with Gasteiger partial charge in [0.25, 0.3) is 0 Å². The molecule has 0 aromatic carbocycles. The highest BCUT2D eigenvalue weighted by Gasteiger charge is 2.19. The third-order valence-electron chi connectivity index (χ3n) is 13.0. The Labute approximate surface area is 451 Å². The van der Waals surface area contributed by atoms with Gasteiger partial charge >= 0.3 is 17.9 Å². The molecule has 0 aliphatic heterocycles. The average Bonchev–Trinajstić information content (AvgIpc) is 3.39. The summed E-state index contributed by atoms with van der Waals surface area (Å²) in [4.78, 5) is 38.2. The molecular weight excluding hydrogens is 901 g/mol. The van der Waals surface area contributed by atoms with Crippen molar-refractivity contribution >= 4 is 17.9 Å². The Hall–Kier alpha value is -3.67. The minimum atomic E-state index is -0.812. The maximum atomic E-state index is 12.9. The van der Waals surface area contributed by atoms with Crippen molar-refractivity contribution in [3.8, 4) is 0 Å². The van der Waals surface area contributed by atoms with Crippen LogP contribution in [0.1, 0.15) is 290 Å². The number of ether oxygens (including phenoxy) is 3. The largest absolute Gasteiger partial charge is 0.462 e. The predicted octanol–water partition coefficient (Wildman–Crippen LogP) is 20.9. The zero-order chi connectivity index (χ0) is 52.9. The molecule has 0 aliphatic rings. The van der Waals surface area contributed by atoms with E-state index in [4.69, 9.17) is 14.2 Å². The number of hydrogen-bond acceptors (Lipinski definition) is 6. The van der Waals surface area contributed by atoms with E-state index >= 15 is 0 Å². The van der Waals surface area contributed by atoms with Crippen LogP contribution in [0.2, 0.25) is 0 Å². The Morgan fingerprint density at radius 2 is 0.548 bits per heavy atom. The number of unbranched alkanes of at least 4 members (excludes halogenated alkanes) is 28. The van der Waals surface area contributed by atoms with Crippen LogP contribution in [-0.2, 0) is 28.6 Å². The van der Waals surface area contributed by atoms with Crippen molar-refractivity contribution in [2.24, 2.45) is 0 Å². The van der Waals surface area contributed by atoms with Gasteiger partial charge in [-0.25, -0.2) is 0 Å². The van der Waals surface area contributed by atoms with Gasteiger partial charge in [0.05, 0.1) is 0 Å². The zero-order valence-electron chi connectivity index (χ0n) is 47.9. The lowest BCUT2D eigenvalue weighted by Crippen LogP contribution is -2.30. The van der Waals surface area contributed by atoms with Gasteiger partial charge in [-0.2, -0.15) is 0 Å². The van der Waals surface area contributed by atoms with Crippen molar-refractivity contribution in [1.82, 2.24) is 0 Å². The molecule has 6 heteroatoms. The Bertz CT molecular complexity index is 1440.